The maximum Gasteiger partial charge on any atom is 0.414 e. The number of quaternary nitrogens is 1. The van der Waals surface area contributed by atoms with Crippen molar-refractivity contribution in [2.75, 3.05) is 40.0 Å². The molecule has 0 saturated carbocycles. The highest BCUT2D eigenvalue weighted by atomic mass is 35.5. The monoisotopic (exact) mass is 471 g/mol. The van der Waals surface area contributed by atoms with Crippen molar-refractivity contribution in [1.82, 2.24) is 4.90 Å². The summed E-state index contributed by atoms with van der Waals surface area (Å²) in [5, 5.41) is 0.715. The Labute approximate surface area is 202 Å². The minimum atomic E-state index is -0.212. The van der Waals surface area contributed by atoms with Crippen LogP contribution in [-0.4, -0.2) is 55.4 Å². The smallest absolute Gasteiger partial charge is 0.414 e. The van der Waals surface area contributed by atoms with Gasteiger partial charge in [-0.2, -0.15) is 0 Å². The van der Waals surface area contributed by atoms with Crippen LogP contribution in [0, 0.1) is 11.8 Å². The second-order valence-corrected chi connectivity index (χ2v) is 11.2. The van der Waals surface area contributed by atoms with Crippen LogP contribution < -0.4 is 4.74 Å². The molecule has 2 aromatic rings. The number of benzene rings is 2. The first-order chi connectivity index (χ1) is 15.6. The lowest BCUT2D eigenvalue weighted by Gasteiger charge is -2.31. The van der Waals surface area contributed by atoms with Gasteiger partial charge in [0, 0.05) is 41.1 Å². The van der Waals surface area contributed by atoms with Gasteiger partial charge in [-0.05, 0) is 36.1 Å². The van der Waals surface area contributed by atoms with Crippen molar-refractivity contribution in [2.24, 2.45) is 11.8 Å². The molecule has 5 nitrogen and oxygen atoms in total. The first kappa shape index (κ1) is 23.9. The lowest BCUT2D eigenvalue weighted by atomic mass is 9.84. The van der Waals surface area contributed by atoms with Crippen molar-refractivity contribution >= 4 is 17.7 Å². The highest BCUT2D eigenvalue weighted by Crippen LogP contribution is 2.51. The largest absolute Gasteiger partial charge is 0.457 e. The molecule has 178 valence electrons. The van der Waals surface area contributed by atoms with E-state index in [0.717, 1.165) is 30.2 Å². The van der Waals surface area contributed by atoms with Crippen LogP contribution in [0.3, 0.4) is 0 Å². The molecule has 2 aliphatic heterocycles. The molecule has 0 bridgehead atoms. The van der Waals surface area contributed by atoms with Gasteiger partial charge in [-0.15, -0.1) is 0 Å². The Morgan fingerprint density at radius 2 is 1.64 bits per heavy atom. The standard InChI is InChI=1S/C27H36ClN2O3/c1-18(2)13-29(14-19(3)4)27(31)32-17-30(5)15-23-21-8-6-7-9-25(21)33-26-11-10-20(28)12-22(26)24(23)16-30/h6-12,18-19,23-24H,13-17H2,1-5H3/q+1. The first-order valence-corrected chi connectivity index (χ1v) is 12.3. The Balaban J connectivity index is 1.56. The van der Waals surface area contributed by atoms with E-state index < -0.39 is 0 Å². The van der Waals surface area contributed by atoms with Crippen LogP contribution in [0.1, 0.15) is 50.7 Å². The normalized spacial score (nSPS) is 23.4. The fraction of sp³-hybridized carbons (Fsp3) is 0.519. The summed E-state index contributed by atoms with van der Waals surface area (Å²) < 4.78 is 12.9. The van der Waals surface area contributed by atoms with E-state index in [9.17, 15) is 4.79 Å². The van der Waals surface area contributed by atoms with E-state index >= 15 is 0 Å². The van der Waals surface area contributed by atoms with Crippen LogP contribution >= 0.6 is 11.6 Å². The van der Waals surface area contributed by atoms with Crippen molar-refractivity contribution in [1.29, 1.82) is 0 Å². The zero-order valence-corrected chi connectivity index (χ0v) is 21.1. The third-order valence-corrected chi connectivity index (χ3v) is 6.83. The predicted molar refractivity (Wildman–Crippen MR) is 132 cm³/mol. The number of carbonyl (C=O) groups excluding carboxylic acids is 1. The summed E-state index contributed by atoms with van der Waals surface area (Å²) in [7, 11) is 2.19. The second-order valence-electron chi connectivity index (χ2n) is 10.8. The fourth-order valence-corrected chi connectivity index (χ4v) is 5.50. The Kier molecular flexibility index (Phi) is 6.92. The third kappa shape index (κ3) is 5.30. The molecule has 6 heteroatoms. The van der Waals surface area contributed by atoms with Gasteiger partial charge < -0.3 is 14.4 Å². The number of amides is 1. The first-order valence-electron chi connectivity index (χ1n) is 12.0. The van der Waals surface area contributed by atoms with Crippen molar-refractivity contribution in [2.45, 2.75) is 39.5 Å². The van der Waals surface area contributed by atoms with Gasteiger partial charge in [-0.25, -0.2) is 4.79 Å². The van der Waals surface area contributed by atoms with Gasteiger partial charge in [0.25, 0.3) is 0 Å². The van der Waals surface area contributed by atoms with Crippen LogP contribution in [0.2, 0.25) is 5.02 Å². The number of ether oxygens (including phenoxy) is 2. The van der Waals surface area contributed by atoms with Gasteiger partial charge in [0.05, 0.1) is 20.1 Å². The third-order valence-electron chi connectivity index (χ3n) is 6.60. The lowest BCUT2D eigenvalue weighted by Crippen LogP contribution is -2.47. The average molecular weight is 472 g/mol. The predicted octanol–water partition coefficient (Wildman–Crippen LogP) is 6.48. The number of fused-ring (bicyclic) bond motifs is 5. The quantitative estimate of drug-likeness (QED) is 0.452. The summed E-state index contributed by atoms with van der Waals surface area (Å²) in [5.74, 6) is 3.08. The molecule has 1 saturated heterocycles. The summed E-state index contributed by atoms with van der Waals surface area (Å²) in [6.07, 6.45) is -0.212. The number of para-hydroxylation sites is 1. The van der Waals surface area contributed by atoms with Gasteiger partial charge in [-0.1, -0.05) is 57.5 Å². The van der Waals surface area contributed by atoms with Gasteiger partial charge in [0.2, 0.25) is 6.73 Å². The Bertz CT molecular complexity index is 999. The summed E-state index contributed by atoms with van der Waals surface area (Å²) in [4.78, 5) is 14.8. The van der Waals surface area contributed by atoms with Gasteiger partial charge >= 0.3 is 6.09 Å². The molecule has 3 atom stereocenters. The molecule has 0 radical (unpaired) electrons. The number of hydrogen-bond acceptors (Lipinski definition) is 3. The number of likely N-dealkylation sites (tertiary alicyclic amines) is 1. The fourth-order valence-electron chi connectivity index (χ4n) is 5.32. The van der Waals surface area contributed by atoms with Gasteiger partial charge in [-0.3, -0.25) is 4.48 Å². The molecule has 4 rings (SSSR count). The second kappa shape index (κ2) is 9.55. The minimum absolute atomic E-state index is 0.212. The van der Waals surface area contributed by atoms with Crippen LogP contribution in [0.15, 0.2) is 42.5 Å². The van der Waals surface area contributed by atoms with Crippen molar-refractivity contribution < 1.29 is 18.8 Å². The Morgan fingerprint density at radius 3 is 2.30 bits per heavy atom. The maximum absolute atomic E-state index is 13.0. The van der Waals surface area contributed by atoms with Gasteiger partial charge in [0.15, 0.2) is 0 Å². The van der Waals surface area contributed by atoms with E-state index in [1.807, 2.05) is 35.2 Å². The summed E-state index contributed by atoms with van der Waals surface area (Å²) >= 11 is 6.39. The number of likely N-dealkylation sites (N-methyl/N-ethyl adjacent to an activating group) is 1. The molecular formula is C27H36ClN2O3+. The van der Waals surface area contributed by atoms with Crippen molar-refractivity contribution in [3.05, 3.63) is 58.6 Å². The molecule has 0 aromatic heterocycles. The molecule has 2 aromatic carbocycles. The van der Waals surface area contributed by atoms with Crippen LogP contribution in [0.4, 0.5) is 4.79 Å². The molecule has 0 spiro atoms. The van der Waals surface area contributed by atoms with E-state index in [2.05, 4.69) is 46.9 Å². The molecule has 33 heavy (non-hydrogen) atoms. The van der Waals surface area contributed by atoms with E-state index in [4.69, 9.17) is 21.1 Å². The molecule has 0 aliphatic carbocycles. The number of rotatable bonds is 6. The zero-order valence-electron chi connectivity index (χ0n) is 20.4. The summed E-state index contributed by atoms with van der Waals surface area (Å²) in [6, 6.07) is 14.2. The van der Waals surface area contributed by atoms with Crippen LogP contribution in [-0.2, 0) is 4.74 Å². The summed E-state index contributed by atoms with van der Waals surface area (Å²) in [6.45, 7) is 12.0. The molecule has 1 amide bonds. The number of halogens is 1. The Hall–Kier alpha value is -2.24. The lowest BCUT2D eigenvalue weighted by molar-refractivity contribution is -0.915. The molecule has 0 N–H and O–H groups in total. The van der Waals surface area contributed by atoms with Crippen molar-refractivity contribution in [3.8, 4) is 11.5 Å². The highest BCUT2D eigenvalue weighted by molar-refractivity contribution is 6.30. The van der Waals surface area contributed by atoms with E-state index in [1.165, 1.54) is 5.56 Å². The number of nitrogens with zero attached hydrogens (tertiary/aromatic N) is 2. The highest BCUT2D eigenvalue weighted by Gasteiger charge is 2.48. The summed E-state index contributed by atoms with van der Waals surface area (Å²) in [5.41, 5.74) is 2.35. The molecule has 2 heterocycles. The van der Waals surface area contributed by atoms with Crippen LogP contribution in [0.25, 0.3) is 0 Å². The Morgan fingerprint density at radius 1 is 1.03 bits per heavy atom. The molecular weight excluding hydrogens is 436 g/mol. The van der Waals surface area contributed by atoms with Gasteiger partial charge in [0.1, 0.15) is 11.5 Å². The number of carbonyl (C=O) groups is 1. The van der Waals surface area contributed by atoms with E-state index in [-0.39, 0.29) is 17.9 Å². The number of hydrogen-bond donors (Lipinski definition) is 0. The zero-order chi connectivity index (χ0) is 23.8. The van der Waals surface area contributed by atoms with E-state index in [1.54, 1.807) is 0 Å². The van der Waals surface area contributed by atoms with Crippen molar-refractivity contribution in [3.63, 3.8) is 0 Å². The minimum Gasteiger partial charge on any atom is -0.457 e. The average Bonchev–Trinajstić information content (AvgIpc) is 3.04. The molecule has 3 unspecified atom stereocenters. The maximum atomic E-state index is 13.0. The SMILES string of the molecule is CC(C)CN(CC(C)C)C(=O)OC[N+]1(C)CC2c3ccccc3Oc3ccc(Cl)cc3C2C1. The van der Waals surface area contributed by atoms with E-state index in [0.29, 0.717) is 41.2 Å². The van der Waals surface area contributed by atoms with Crippen LogP contribution in [0.5, 0.6) is 11.5 Å². The topological polar surface area (TPSA) is 38.8 Å². The molecule has 2 aliphatic rings. The molecule has 1 fully saturated rings.